The van der Waals surface area contributed by atoms with Crippen LogP contribution >= 0.6 is 0 Å². The van der Waals surface area contributed by atoms with Crippen LogP contribution in [0.1, 0.15) is 0 Å². The number of ether oxygens (including phenoxy) is 1. The van der Waals surface area contributed by atoms with Gasteiger partial charge in [0.15, 0.2) is 5.65 Å². The molecule has 90 valence electrons. The normalized spacial score (nSPS) is 10.7. The summed E-state index contributed by atoms with van der Waals surface area (Å²) in [5, 5.41) is 7.76. The van der Waals surface area contributed by atoms with Gasteiger partial charge in [-0.25, -0.2) is 15.0 Å². The second-order valence-electron chi connectivity index (χ2n) is 3.65. The summed E-state index contributed by atoms with van der Waals surface area (Å²) in [4.78, 5) is 12.1. The molecule has 3 heterocycles. The zero-order valence-corrected chi connectivity index (χ0v) is 9.58. The second-order valence-corrected chi connectivity index (χ2v) is 3.65. The van der Waals surface area contributed by atoms with Gasteiger partial charge in [0.2, 0.25) is 5.88 Å². The van der Waals surface area contributed by atoms with E-state index < -0.39 is 0 Å². The highest BCUT2D eigenvalue weighted by Crippen LogP contribution is 2.30. The molecule has 0 aliphatic rings. The molecule has 0 spiro atoms. The van der Waals surface area contributed by atoms with E-state index >= 15 is 0 Å². The molecule has 7 heteroatoms. The van der Waals surface area contributed by atoms with E-state index in [1.165, 1.54) is 6.33 Å². The highest BCUT2D eigenvalue weighted by Gasteiger charge is 2.14. The Kier molecular flexibility index (Phi) is 2.30. The van der Waals surface area contributed by atoms with E-state index in [1.807, 2.05) is 6.07 Å². The molecule has 3 N–H and O–H groups in total. The van der Waals surface area contributed by atoms with Crippen molar-refractivity contribution >= 4 is 16.9 Å². The number of anilines is 1. The lowest BCUT2D eigenvalue weighted by Gasteiger charge is -2.02. The first kappa shape index (κ1) is 10.5. The number of hydrogen-bond donors (Lipinski definition) is 2. The largest absolute Gasteiger partial charge is 0.480 e. The van der Waals surface area contributed by atoms with Gasteiger partial charge in [-0.3, -0.25) is 5.10 Å². The quantitative estimate of drug-likeness (QED) is 0.695. The predicted molar refractivity (Wildman–Crippen MR) is 65.9 cm³/mol. The number of rotatable bonds is 2. The van der Waals surface area contributed by atoms with Crippen molar-refractivity contribution in [1.29, 1.82) is 0 Å². The van der Waals surface area contributed by atoms with E-state index in [-0.39, 0.29) is 0 Å². The number of nitrogen functional groups attached to an aromatic ring is 1. The molecule has 0 saturated heterocycles. The van der Waals surface area contributed by atoms with E-state index in [0.29, 0.717) is 17.3 Å². The molecule has 0 amide bonds. The van der Waals surface area contributed by atoms with Crippen LogP contribution in [0.5, 0.6) is 5.88 Å². The predicted octanol–water partition coefficient (Wildman–Crippen LogP) is 1.01. The van der Waals surface area contributed by atoms with Crippen molar-refractivity contribution in [3.8, 4) is 17.1 Å². The Morgan fingerprint density at radius 1 is 1.28 bits per heavy atom. The number of nitrogens with one attached hydrogen (secondary N) is 1. The van der Waals surface area contributed by atoms with Crippen LogP contribution in [0.25, 0.3) is 22.3 Å². The van der Waals surface area contributed by atoms with Gasteiger partial charge in [-0.2, -0.15) is 5.10 Å². The van der Waals surface area contributed by atoms with Crippen molar-refractivity contribution in [3.63, 3.8) is 0 Å². The summed E-state index contributed by atoms with van der Waals surface area (Å²) < 4.78 is 5.22. The third-order valence-corrected chi connectivity index (χ3v) is 2.58. The Hall–Kier alpha value is -2.70. The topological polar surface area (TPSA) is 103 Å². The first-order valence-corrected chi connectivity index (χ1v) is 5.24. The zero-order valence-electron chi connectivity index (χ0n) is 9.58. The van der Waals surface area contributed by atoms with Crippen molar-refractivity contribution in [2.24, 2.45) is 0 Å². The average Bonchev–Trinajstić information content (AvgIpc) is 2.82. The van der Waals surface area contributed by atoms with Crippen LogP contribution in [0, 0.1) is 0 Å². The van der Waals surface area contributed by atoms with Gasteiger partial charge in [-0.05, 0) is 12.1 Å². The van der Waals surface area contributed by atoms with Gasteiger partial charge >= 0.3 is 0 Å². The van der Waals surface area contributed by atoms with Crippen molar-refractivity contribution in [3.05, 3.63) is 24.7 Å². The minimum absolute atomic E-state index is 0.436. The lowest BCUT2D eigenvalue weighted by atomic mass is 10.1. The van der Waals surface area contributed by atoms with Crippen molar-refractivity contribution < 1.29 is 4.74 Å². The number of aromatic amines is 1. The third-order valence-electron chi connectivity index (χ3n) is 2.58. The molecule has 0 fully saturated rings. The van der Waals surface area contributed by atoms with Gasteiger partial charge in [0.05, 0.1) is 12.8 Å². The molecule has 0 unspecified atom stereocenters. The minimum Gasteiger partial charge on any atom is -0.480 e. The lowest BCUT2D eigenvalue weighted by Crippen LogP contribution is -1.92. The number of nitrogens with zero attached hydrogens (tertiary/aromatic N) is 4. The molecule has 3 rings (SSSR count). The fraction of sp³-hybridized carbons (Fsp3) is 0.0909. The summed E-state index contributed by atoms with van der Waals surface area (Å²) >= 11 is 0. The minimum atomic E-state index is 0.436. The van der Waals surface area contributed by atoms with Crippen molar-refractivity contribution in [1.82, 2.24) is 25.1 Å². The van der Waals surface area contributed by atoms with Crippen LogP contribution in [0.3, 0.4) is 0 Å². The van der Waals surface area contributed by atoms with E-state index in [2.05, 4.69) is 25.1 Å². The molecule has 0 aliphatic carbocycles. The third kappa shape index (κ3) is 1.53. The Morgan fingerprint density at radius 2 is 2.17 bits per heavy atom. The van der Waals surface area contributed by atoms with Crippen LogP contribution in [0.15, 0.2) is 24.7 Å². The number of hydrogen-bond acceptors (Lipinski definition) is 6. The Morgan fingerprint density at radius 3 is 2.94 bits per heavy atom. The summed E-state index contributed by atoms with van der Waals surface area (Å²) in [6, 6.07) is 3.58. The maximum Gasteiger partial charge on any atom is 0.228 e. The molecule has 0 aromatic carbocycles. The molecule has 18 heavy (non-hydrogen) atoms. The standard InChI is InChI=1S/C11H10N6O/c1-18-11-8-9(6-2-3-13-7(12)4-6)16-17-10(8)14-5-15-11/h2-5H,1H3,(H2,12,13)(H,14,15,16,17). The fourth-order valence-corrected chi connectivity index (χ4v) is 1.80. The molecule has 3 aromatic rings. The highest BCUT2D eigenvalue weighted by atomic mass is 16.5. The molecule has 0 radical (unpaired) electrons. The van der Waals surface area contributed by atoms with Crippen molar-refractivity contribution in [2.45, 2.75) is 0 Å². The van der Waals surface area contributed by atoms with E-state index in [9.17, 15) is 0 Å². The number of fused-ring (bicyclic) bond motifs is 1. The Labute approximate surface area is 102 Å². The van der Waals surface area contributed by atoms with E-state index in [1.54, 1.807) is 19.4 Å². The SMILES string of the molecule is COc1ncnc2n[nH]c(-c3ccnc(N)c3)c12. The maximum atomic E-state index is 5.67. The second kappa shape index (κ2) is 3.95. The van der Waals surface area contributed by atoms with Gasteiger partial charge in [0, 0.05) is 11.8 Å². The monoisotopic (exact) mass is 242 g/mol. The molecule has 3 aromatic heterocycles. The summed E-state index contributed by atoms with van der Waals surface area (Å²) in [7, 11) is 1.56. The first-order chi connectivity index (χ1) is 8.79. The van der Waals surface area contributed by atoms with Crippen LogP contribution in [0.2, 0.25) is 0 Å². The molecule has 0 bridgehead atoms. The molecule has 0 saturated carbocycles. The summed E-state index contributed by atoms with van der Waals surface area (Å²) in [6.45, 7) is 0. The van der Waals surface area contributed by atoms with Gasteiger partial charge in [0.25, 0.3) is 0 Å². The van der Waals surface area contributed by atoms with Gasteiger partial charge in [-0.1, -0.05) is 0 Å². The molecule has 0 aliphatic heterocycles. The highest BCUT2D eigenvalue weighted by molar-refractivity contribution is 5.94. The average molecular weight is 242 g/mol. The van der Waals surface area contributed by atoms with E-state index in [4.69, 9.17) is 10.5 Å². The maximum absolute atomic E-state index is 5.67. The number of aromatic nitrogens is 5. The number of pyridine rings is 1. The van der Waals surface area contributed by atoms with E-state index in [0.717, 1.165) is 16.6 Å². The molecular formula is C11H10N6O. The lowest BCUT2D eigenvalue weighted by molar-refractivity contribution is 0.402. The van der Waals surface area contributed by atoms with Crippen LogP contribution in [-0.4, -0.2) is 32.3 Å². The van der Waals surface area contributed by atoms with Crippen LogP contribution in [0.4, 0.5) is 5.82 Å². The molecule has 7 nitrogen and oxygen atoms in total. The smallest absolute Gasteiger partial charge is 0.228 e. The molecule has 0 atom stereocenters. The summed E-state index contributed by atoms with van der Waals surface area (Å²) in [5.41, 5.74) is 7.84. The summed E-state index contributed by atoms with van der Waals surface area (Å²) in [6.07, 6.45) is 3.04. The molecular weight excluding hydrogens is 232 g/mol. The van der Waals surface area contributed by atoms with Crippen LogP contribution < -0.4 is 10.5 Å². The summed E-state index contributed by atoms with van der Waals surface area (Å²) in [5.74, 6) is 0.908. The van der Waals surface area contributed by atoms with Gasteiger partial charge in [0.1, 0.15) is 17.5 Å². The Bertz CT molecular complexity index is 708. The fourth-order valence-electron chi connectivity index (χ4n) is 1.80. The zero-order chi connectivity index (χ0) is 12.5. The van der Waals surface area contributed by atoms with Gasteiger partial charge < -0.3 is 10.5 Å². The van der Waals surface area contributed by atoms with Gasteiger partial charge in [-0.15, -0.1) is 0 Å². The number of methoxy groups -OCH3 is 1. The Balaban J connectivity index is 2.30. The van der Waals surface area contributed by atoms with Crippen LogP contribution in [-0.2, 0) is 0 Å². The van der Waals surface area contributed by atoms with Crippen molar-refractivity contribution in [2.75, 3.05) is 12.8 Å². The number of H-pyrrole nitrogens is 1. The first-order valence-electron chi connectivity index (χ1n) is 5.24. The number of nitrogens with two attached hydrogens (primary N) is 1.